The number of hydrogen-bond acceptors (Lipinski definition) is 5. The maximum absolute atomic E-state index is 12.8. The lowest BCUT2D eigenvalue weighted by atomic mass is 10.3. The first-order chi connectivity index (χ1) is 9.87. The SMILES string of the molecule is CNCCn1nc(C)c(S(=O)(=O)c2ccc(N)cc2)c1C. The molecule has 0 bridgehead atoms. The minimum absolute atomic E-state index is 0.232. The summed E-state index contributed by atoms with van der Waals surface area (Å²) in [6.07, 6.45) is 0. The zero-order valence-electron chi connectivity index (χ0n) is 12.4. The van der Waals surface area contributed by atoms with Gasteiger partial charge in [0.2, 0.25) is 9.84 Å². The Kier molecular flexibility index (Phi) is 4.34. The van der Waals surface area contributed by atoms with Gasteiger partial charge in [-0.05, 0) is 45.2 Å². The number of likely N-dealkylation sites (N-methyl/N-ethyl adjacent to an activating group) is 1. The van der Waals surface area contributed by atoms with E-state index in [4.69, 9.17) is 5.73 Å². The summed E-state index contributed by atoms with van der Waals surface area (Å²) in [5.74, 6) is 0. The standard InChI is InChI=1S/C14H20N4O2S/c1-10-14(11(2)18(17-10)9-8-16-3)21(19,20)13-6-4-12(15)5-7-13/h4-7,16H,8-9,15H2,1-3H3. The van der Waals surface area contributed by atoms with Gasteiger partial charge in [-0.3, -0.25) is 4.68 Å². The molecular weight excluding hydrogens is 288 g/mol. The van der Waals surface area contributed by atoms with Crippen molar-refractivity contribution in [2.75, 3.05) is 19.3 Å². The van der Waals surface area contributed by atoms with Crippen LogP contribution in [0.15, 0.2) is 34.1 Å². The van der Waals surface area contributed by atoms with E-state index in [2.05, 4.69) is 10.4 Å². The van der Waals surface area contributed by atoms with Gasteiger partial charge in [0.15, 0.2) is 0 Å². The van der Waals surface area contributed by atoms with Crippen LogP contribution in [0.25, 0.3) is 0 Å². The van der Waals surface area contributed by atoms with Crippen molar-refractivity contribution in [3.63, 3.8) is 0 Å². The van der Waals surface area contributed by atoms with E-state index in [-0.39, 0.29) is 9.79 Å². The highest BCUT2D eigenvalue weighted by Crippen LogP contribution is 2.27. The monoisotopic (exact) mass is 308 g/mol. The van der Waals surface area contributed by atoms with Gasteiger partial charge in [0.25, 0.3) is 0 Å². The van der Waals surface area contributed by atoms with Crippen molar-refractivity contribution in [2.45, 2.75) is 30.2 Å². The Bertz CT molecular complexity index is 733. The van der Waals surface area contributed by atoms with Gasteiger partial charge in [0.1, 0.15) is 4.90 Å². The fourth-order valence-electron chi connectivity index (χ4n) is 2.27. The fraction of sp³-hybridized carbons (Fsp3) is 0.357. The van der Waals surface area contributed by atoms with Crippen molar-refractivity contribution in [1.29, 1.82) is 0 Å². The molecule has 6 nitrogen and oxygen atoms in total. The van der Waals surface area contributed by atoms with E-state index in [9.17, 15) is 8.42 Å². The molecule has 0 amide bonds. The fourth-order valence-corrected chi connectivity index (χ4v) is 3.92. The van der Waals surface area contributed by atoms with Crippen molar-refractivity contribution >= 4 is 15.5 Å². The Balaban J connectivity index is 2.50. The van der Waals surface area contributed by atoms with Crippen LogP contribution >= 0.6 is 0 Å². The van der Waals surface area contributed by atoms with E-state index in [0.717, 1.165) is 6.54 Å². The Hall–Kier alpha value is -1.86. The molecule has 0 radical (unpaired) electrons. The quantitative estimate of drug-likeness (QED) is 0.808. The molecule has 1 aromatic heterocycles. The second-order valence-corrected chi connectivity index (χ2v) is 6.79. The molecule has 114 valence electrons. The van der Waals surface area contributed by atoms with Crippen LogP contribution in [0.2, 0.25) is 0 Å². The molecule has 0 saturated heterocycles. The first-order valence-electron chi connectivity index (χ1n) is 6.67. The second kappa shape index (κ2) is 5.87. The number of anilines is 1. The largest absolute Gasteiger partial charge is 0.399 e. The molecule has 0 aliphatic heterocycles. The van der Waals surface area contributed by atoms with Crippen molar-refractivity contribution in [2.24, 2.45) is 0 Å². The van der Waals surface area contributed by atoms with Gasteiger partial charge in [0, 0.05) is 12.2 Å². The lowest BCUT2D eigenvalue weighted by Crippen LogP contribution is -2.17. The van der Waals surface area contributed by atoms with Crippen LogP contribution in [-0.2, 0) is 16.4 Å². The van der Waals surface area contributed by atoms with Gasteiger partial charge in [0.05, 0.1) is 22.8 Å². The maximum Gasteiger partial charge on any atom is 0.210 e. The molecule has 1 heterocycles. The predicted molar refractivity (Wildman–Crippen MR) is 81.9 cm³/mol. The first kappa shape index (κ1) is 15.5. The zero-order chi connectivity index (χ0) is 15.6. The van der Waals surface area contributed by atoms with Crippen LogP contribution in [0, 0.1) is 13.8 Å². The number of sulfone groups is 1. The van der Waals surface area contributed by atoms with Gasteiger partial charge in [-0.2, -0.15) is 5.10 Å². The molecule has 0 atom stereocenters. The summed E-state index contributed by atoms with van der Waals surface area (Å²) in [6.45, 7) is 4.84. The van der Waals surface area contributed by atoms with Gasteiger partial charge >= 0.3 is 0 Å². The molecule has 1 aromatic carbocycles. The minimum Gasteiger partial charge on any atom is -0.399 e. The molecule has 0 saturated carbocycles. The van der Waals surface area contributed by atoms with Crippen LogP contribution in [-0.4, -0.2) is 31.8 Å². The Morgan fingerprint density at radius 1 is 1.24 bits per heavy atom. The molecule has 7 heteroatoms. The normalized spacial score (nSPS) is 11.8. The van der Waals surface area contributed by atoms with Crippen molar-refractivity contribution in [1.82, 2.24) is 15.1 Å². The van der Waals surface area contributed by atoms with E-state index in [1.54, 1.807) is 30.7 Å². The van der Waals surface area contributed by atoms with Gasteiger partial charge in [-0.1, -0.05) is 0 Å². The Morgan fingerprint density at radius 2 is 1.86 bits per heavy atom. The van der Waals surface area contributed by atoms with Crippen LogP contribution < -0.4 is 11.1 Å². The van der Waals surface area contributed by atoms with Crippen LogP contribution in [0.5, 0.6) is 0 Å². The maximum atomic E-state index is 12.8. The highest BCUT2D eigenvalue weighted by atomic mass is 32.2. The van der Waals surface area contributed by atoms with Crippen LogP contribution in [0.1, 0.15) is 11.4 Å². The molecule has 0 aliphatic carbocycles. The number of aromatic nitrogens is 2. The molecule has 0 spiro atoms. The molecular formula is C14H20N4O2S. The third kappa shape index (κ3) is 2.93. The number of benzene rings is 1. The zero-order valence-corrected chi connectivity index (χ0v) is 13.2. The summed E-state index contributed by atoms with van der Waals surface area (Å²) in [5.41, 5.74) is 7.31. The van der Waals surface area contributed by atoms with Gasteiger partial charge in [-0.15, -0.1) is 0 Å². The van der Waals surface area contributed by atoms with E-state index in [1.807, 2.05) is 7.05 Å². The Morgan fingerprint density at radius 3 is 2.43 bits per heavy atom. The van der Waals surface area contributed by atoms with Crippen molar-refractivity contribution < 1.29 is 8.42 Å². The van der Waals surface area contributed by atoms with Crippen LogP contribution in [0.4, 0.5) is 5.69 Å². The molecule has 2 rings (SSSR count). The third-order valence-corrected chi connectivity index (χ3v) is 5.37. The molecule has 21 heavy (non-hydrogen) atoms. The summed E-state index contributed by atoms with van der Waals surface area (Å²) in [4.78, 5) is 0.513. The number of nitrogens with two attached hydrogens (primary N) is 1. The number of nitrogens with zero attached hydrogens (tertiary/aromatic N) is 2. The number of hydrogen-bond donors (Lipinski definition) is 2. The smallest absolute Gasteiger partial charge is 0.210 e. The lowest BCUT2D eigenvalue weighted by Gasteiger charge is -2.07. The number of nitrogen functional groups attached to an aromatic ring is 1. The average Bonchev–Trinajstić information content (AvgIpc) is 2.72. The topological polar surface area (TPSA) is 90.0 Å². The molecule has 0 unspecified atom stereocenters. The molecule has 3 N–H and O–H groups in total. The van der Waals surface area contributed by atoms with E-state index >= 15 is 0 Å². The van der Waals surface area contributed by atoms with E-state index < -0.39 is 9.84 Å². The minimum atomic E-state index is -3.58. The number of nitrogens with one attached hydrogen (secondary N) is 1. The summed E-state index contributed by atoms with van der Waals surface area (Å²) >= 11 is 0. The number of aryl methyl sites for hydroxylation is 1. The first-order valence-corrected chi connectivity index (χ1v) is 8.15. The van der Waals surface area contributed by atoms with E-state index in [0.29, 0.717) is 23.6 Å². The number of rotatable bonds is 5. The summed E-state index contributed by atoms with van der Waals surface area (Å²) in [6, 6.07) is 6.22. The second-order valence-electron chi connectivity index (χ2n) is 4.90. The summed E-state index contributed by atoms with van der Waals surface area (Å²) < 4.78 is 27.2. The predicted octanol–water partition coefficient (Wildman–Crippen LogP) is 1.13. The third-order valence-electron chi connectivity index (χ3n) is 3.35. The van der Waals surface area contributed by atoms with Crippen LogP contribution in [0.3, 0.4) is 0 Å². The molecule has 0 fully saturated rings. The highest BCUT2D eigenvalue weighted by molar-refractivity contribution is 7.91. The molecule has 2 aromatic rings. The Labute approximate surface area is 124 Å². The summed E-state index contributed by atoms with van der Waals surface area (Å²) in [5, 5.41) is 7.35. The summed E-state index contributed by atoms with van der Waals surface area (Å²) in [7, 11) is -1.74. The average molecular weight is 308 g/mol. The van der Waals surface area contributed by atoms with Crippen molar-refractivity contribution in [3.05, 3.63) is 35.7 Å². The highest BCUT2D eigenvalue weighted by Gasteiger charge is 2.26. The van der Waals surface area contributed by atoms with E-state index in [1.165, 1.54) is 12.1 Å². The lowest BCUT2D eigenvalue weighted by molar-refractivity contribution is 0.565. The van der Waals surface area contributed by atoms with Gasteiger partial charge < -0.3 is 11.1 Å². The van der Waals surface area contributed by atoms with Gasteiger partial charge in [-0.25, -0.2) is 8.42 Å². The molecule has 0 aliphatic rings. The van der Waals surface area contributed by atoms with Crippen molar-refractivity contribution in [3.8, 4) is 0 Å².